The minimum absolute atomic E-state index is 0. The minimum Gasteiger partial charge on any atom is -0.461 e. The Morgan fingerprint density at radius 1 is 1.15 bits per heavy atom. The third-order valence-corrected chi connectivity index (χ3v) is 2.83. The monoisotopic (exact) mass is 275 g/mol. The number of nitrogens with one attached hydrogen (secondary N) is 1. The molecule has 0 aliphatic rings. The van der Waals surface area contributed by atoms with Gasteiger partial charge < -0.3 is 9.73 Å². The highest BCUT2D eigenvalue weighted by molar-refractivity contribution is 5.57. The fourth-order valence-corrected chi connectivity index (χ4v) is 1.65. The average Bonchev–Trinajstić information content (AvgIpc) is 2.88. The van der Waals surface area contributed by atoms with Crippen LogP contribution in [0.3, 0.4) is 0 Å². The van der Waals surface area contributed by atoms with E-state index < -0.39 is 0 Å². The second kappa shape index (κ2) is 8.97. The maximum Gasteiger partial charge on any atom is 0.207 e. The molecule has 2 rings (SSSR count). The van der Waals surface area contributed by atoms with Gasteiger partial charge in [-0.2, -0.15) is 0 Å². The van der Waals surface area contributed by atoms with E-state index in [1.165, 1.54) is 5.56 Å². The van der Waals surface area contributed by atoms with E-state index in [0.717, 1.165) is 42.9 Å². The van der Waals surface area contributed by atoms with Gasteiger partial charge in [-0.15, -0.1) is 0 Å². The van der Waals surface area contributed by atoms with Crippen LogP contribution < -0.4 is 5.32 Å². The van der Waals surface area contributed by atoms with Crippen LogP contribution in [0.2, 0.25) is 0 Å². The molecule has 0 saturated heterocycles. The Morgan fingerprint density at radius 2 is 1.85 bits per heavy atom. The van der Waals surface area contributed by atoms with Gasteiger partial charge in [0, 0.05) is 13.5 Å². The predicted molar refractivity (Wildman–Crippen MR) is 84.7 cm³/mol. The van der Waals surface area contributed by atoms with Crippen molar-refractivity contribution < 1.29 is 10.6 Å². The lowest BCUT2D eigenvalue weighted by molar-refractivity contribution is -0.109. The van der Waals surface area contributed by atoms with Crippen molar-refractivity contribution in [1.82, 2.24) is 5.32 Å². The van der Waals surface area contributed by atoms with Crippen LogP contribution in [0.4, 0.5) is 0 Å². The molecule has 1 aromatic heterocycles. The molecule has 1 N–H and O–H groups in total. The number of unbranched alkanes of at least 4 members (excludes halogenated alkanes) is 1. The first-order chi connectivity index (χ1) is 9.67. The molecular formula is C17H25NO2. The van der Waals surface area contributed by atoms with E-state index >= 15 is 0 Å². The fourth-order valence-electron chi connectivity index (χ4n) is 1.65. The molecule has 1 heterocycles. The first-order valence-electron chi connectivity index (χ1n) is 6.98. The molecule has 1 amide bonds. The lowest BCUT2D eigenvalue weighted by Crippen LogP contribution is -2.11. The number of hydrogen-bond acceptors (Lipinski definition) is 2. The van der Waals surface area contributed by atoms with Crippen LogP contribution in [0.1, 0.15) is 32.5 Å². The summed E-state index contributed by atoms with van der Waals surface area (Å²) in [6.45, 7) is 6.95. The molecule has 20 heavy (non-hydrogen) atoms. The van der Waals surface area contributed by atoms with Crippen LogP contribution in [-0.4, -0.2) is 13.0 Å². The normalized spacial score (nSPS) is 9.55. The lowest BCUT2D eigenvalue weighted by atomic mass is 10.1. The van der Waals surface area contributed by atoms with Gasteiger partial charge in [0.15, 0.2) is 0 Å². The molecule has 1 aromatic carbocycles. The zero-order valence-electron chi connectivity index (χ0n) is 12.5. The molecule has 0 unspecified atom stereocenters. The molecule has 0 spiro atoms. The summed E-state index contributed by atoms with van der Waals surface area (Å²) in [6, 6.07) is 12.3. The lowest BCUT2D eigenvalue weighted by Gasteiger charge is -1.96. The van der Waals surface area contributed by atoms with Crippen molar-refractivity contribution in [1.29, 1.82) is 0 Å². The molecule has 3 heteroatoms. The third kappa shape index (κ3) is 5.74. The smallest absolute Gasteiger partial charge is 0.207 e. The Balaban J connectivity index is 0.000000436. The molecule has 110 valence electrons. The van der Waals surface area contributed by atoms with Crippen molar-refractivity contribution in [2.75, 3.05) is 6.54 Å². The van der Waals surface area contributed by atoms with Gasteiger partial charge in [0.05, 0.1) is 0 Å². The topological polar surface area (TPSA) is 42.2 Å². The summed E-state index contributed by atoms with van der Waals surface area (Å²) in [5.74, 6) is 1.90. The summed E-state index contributed by atoms with van der Waals surface area (Å²) >= 11 is 0. The quantitative estimate of drug-likeness (QED) is 0.651. The van der Waals surface area contributed by atoms with Gasteiger partial charge in [0.25, 0.3) is 0 Å². The van der Waals surface area contributed by atoms with Crippen LogP contribution in [0.25, 0.3) is 11.3 Å². The van der Waals surface area contributed by atoms with Crippen LogP contribution in [0.5, 0.6) is 0 Å². The van der Waals surface area contributed by atoms with Crippen LogP contribution in [0.15, 0.2) is 40.8 Å². The summed E-state index contributed by atoms with van der Waals surface area (Å²) < 4.78 is 5.51. The van der Waals surface area contributed by atoms with Crippen LogP contribution >= 0.6 is 0 Å². The fraction of sp³-hybridized carbons (Fsp3) is 0.353. The van der Waals surface area contributed by atoms with Gasteiger partial charge in [-0.25, -0.2) is 0 Å². The summed E-state index contributed by atoms with van der Waals surface area (Å²) in [4.78, 5) is 9.57. The molecule has 0 aliphatic carbocycles. The Morgan fingerprint density at radius 3 is 2.35 bits per heavy atom. The van der Waals surface area contributed by atoms with Crippen molar-refractivity contribution in [3.8, 4) is 11.3 Å². The number of furan rings is 1. The standard InChI is InChI=1S/C12H12O.C5H11NO.H2/c1-9-3-6-11(7-4-9)12-8-5-10(2)13-12;1-2-3-4-6-5-7;/h3-8H,1-2H3;5H,2-4H2,1H3,(H,6,7);1H. The predicted octanol–water partition coefficient (Wildman–Crippen LogP) is 4.34. The molecular weight excluding hydrogens is 250 g/mol. The van der Waals surface area contributed by atoms with E-state index in [2.05, 4.69) is 43.4 Å². The summed E-state index contributed by atoms with van der Waals surface area (Å²) in [5, 5.41) is 2.57. The van der Waals surface area contributed by atoms with Gasteiger partial charge in [0.1, 0.15) is 11.5 Å². The Hall–Kier alpha value is -2.03. The molecule has 2 aromatic rings. The van der Waals surface area contributed by atoms with E-state index in [-0.39, 0.29) is 1.43 Å². The highest BCUT2D eigenvalue weighted by Gasteiger charge is 2.00. The number of rotatable bonds is 5. The molecule has 0 aliphatic heterocycles. The van der Waals surface area contributed by atoms with E-state index in [1.807, 2.05) is 19.1 Å². The zero-order valence-corrected chi connectivity index (χ0v) is 12.5. The maximum atomic E-state index is 9.57. The summed E-state index contributed by atoms with van der Waals surface area (Å²) in [7, 11) is 0. The first kappa shape index (κ1) is 16.0. The molecule has 0 radical (unpaired) electrons. The van der Waals surface area contributed by atoms with Gasteiger partial charge in [-0.3, -0.25) is 4.79 Å². The van der Waals surface area contributed by atoms with E-state index in [0.29, 0.717) is 0 Å². The van der Waals surface area contributed by atoms with E-state index in [1.54, 1.807) is 0 Å². The number of amides is 1. The number of benzene rings is 1. The number of carbonyl (C=O) groups excluding carboxylic acids is 1. The van der Waals surface area contributed by atoms with Gasteiger partial charge in [0.2, 0.25) is 6.41 Å². The Kier molecular flexibility index (Phi) is 7.18. The number of hydrogen-bond donors (Lipinski definition) is 1. The molecule has 0 fully saturated rings. The van der Waals surface area contributed by atoms with Crippen molar-refractivity contribution in [2.45, 2.75) is 33.6 Å². The second-order valence-electron chi connectivity index (χ2n) is 4.70. The van der Waals surface area contributed by atoms with Gasteiger partial charge in [-0.05, 0) is 32.4 Å². The van der Waals surface area contributed by atoms with Crippen molar-refractivity contribution >= 4 is 6.41 Å². The van der Waals surface area contributed by atoms with E-state index in [9.17, 15) is 4.79 Å². The van der Waals surface area contributed by atoms with E-state index in [4.69, 9.17) is 4.42 Å². The summed E-state index contributed by atoms with van der Waals surface area (Å²) in [5.41, 5.74) is 2.41. The highest BCUT2D eigenvalue weighted by atomic mass is 16.3. The Bertz CT molecular complexity index is 506. The number of aryl methyl sites for hydroxylation is 2. The number of carbonyl (C=O) groups is 1. The van der Waals surface area contributed by atoms with Gasteiger partial charge >= 0.3 is 0 Å². The van der Waals surface area contributed by atoms with Crippen molar-refractivity contribution in [3.63, 3.8) is 0 Å². The van der Waals surface area contributed by atoms with Crippen molar-refractivity contribution in [2.24, 2.45) is 0 Å². The van der Waals surface area contributed by atoms with Crippen LogP contribution in [-0.2, 0) is 4.79 Å². The average molecular weight is 275 g/mol. The first-order valence-corrected chi connectivity index (χ1v) is 6.98. The minimum atomic E-state index is 0. The molecule has 0 atom stereocenters. The largest absolute Gasteiger partial charge is 0.461 e. The highest BCUT2D eigenvalue weighted by Crippen LogP contribution is 2.21. The maximum absolute atomic E-state index is 9.57. The molecule has 0 saturated carbocycles. The third-order valence-electron chi connectivity index (χ3n) is 2.83. The molecule has 3 nitrogen and oxygen atoms in total. The van der Waals surface area contributed by atoms with Crippen molar-refractivity contribution in [3.05, 3.63) is 47.7 Å². The molecule has 0 bridgehead atoms. The van der Waals surface area contributed by atoms with Gasteiger partial charge in [-0.1, -0.05) is 43.2 Å². The second-order valence-corrected chi connectivity index (χ2v) is 4.70. The van der Waals surface area contributed by atoms with Crippen LogP contribution in [0, 0.1) is 13.8 Å². The Labute approximate surface area is 122 Å². The summed E-state index contributed by atoms with van der Waals surface area (Å²) in [6.07, 6.45) is 2.95. The zero-order chi connectivity index (χ0) is 14.8. The SMILES string of the molecule is CCCCNC=O.Cc1ccc(-c2ccc(C)o2)cc1.[HH].